The van der Waals surface area contributed by atoms with Crippen LogP contribution in [0.1, 0.15) is 23.4 Å². The second kappa shape index (κ2) is 5.93. The molecule has 1 aromatic heterocycles. The van der Waals surface area contributed by atoms with E-state index in [9.17, 15) is 8.42 Å². The third kappa shape index (κ3) is 3.37. The molecule has 1 aliphatic heterocycles. The molecule has 5 nitrogen and oxygen atoms in total. The molecular weight excluding hydrogens is 298 g/mol. The van der Waals surface area contributed by atoms with Gasteiger partial charge < -0.3 is 4.57 Å². The zero-order chi connectivity index (χ0) is 15.6. The predicted octanol–water partition coefficient (Wildman–Crippen LogP) is 1.78. The highest BCUT2D eigenvalue weighted by Gasteiger charge is 2.28. The second-order valence-electron chi connectivity index (χ2n) is 5.76. The summed E-state index contributed by atoms with van der Waals surface area (Å²) < 4.78 is 25.1. The largest absolute Gasteiger partial charge is 0.331 e. The van der Waals surface area contributed by atoms with E-state index in [1.54, 1.807) is 12.3 Å². The molecule has 1 aliphatic rings. The van der Waals surface area contributed by atoms with Gasteiger partial charge in [0.15, 0.2) is 9.84 Å². The maximum Gasteiger partial charge on any atom is 0.150 e. The minimum atomic E-state index is -2.85. The molecule has 0 aliphatic carbocycles. The Hall–Kier alpha value is -2.13. The average molecular weight is 315 g/mol. The van der Waals surface area contributed by atoms with Gasteiger partial charge in [-0.2, -0.15) is 5.26 Å². The maximum atomic E-state index is 11.6. The van der Waals surface area contributed by atoms with Crippen molar-refractivity contribution in [3.05, 3.63) is 53.6 Å². The van der Waals surface area contributed by atoms with E-state index >= 15 is 0 Å². The molecule has 0 saturated carbocycles. The van der Waals surface area contributed by atoms with Crippen molar-refractivity contribution in [2.24, 2.45) is 5.92 Å². The second-order valence-corrected chi connectivity index (χ2v) is 7.99. The summed E-state index contributed by atoms with van der Waals surface area (Å²) in [6.45, 7) is 0.643. The van der Waals surface area contributed by atoms with Crippen LogP contribution in [0.25, 0.3) is 0 Å². The smallest absolute Gasteiger partial charge is 0.150 e. The molecule has 22 heavy (non-hydrogen) atoms. The number of nitriles is 1. The number of aromatic nitrogens is 2. The van der Waals surface area contributed by atoms with Crippen molar-refractivity contribution in [3.63, 3.8) is 0 Å². The monoisotopic (exact) mass is 315 g/mol. The van der Waals surface area contributed by atoms with Crippen LogP contribution in [0.2, 0.25) is 0 Å². The molecule has 1 atom stereocenters. The molecule has 114 valence electrons. The molecule has 0 bridgehead atoms. The van der Waals surface area contributed by atoms with Crippen LogP contribution in [0.5, 0.6) is 0 Å². The van der Waals surface area contributed by atoms with E-state index in [2.05, 4.69) is 11.1 Å². The summed E-state index contributed by atoms with van der Waals surface area (Å²) in [6.07, 6.45) is 5.05. The van der Waals surface area contributed by atoms with Gasteiger partial charge in [0.1, 0.15) is 5.82 Å². The number of benzene rings is 1. The van der Waals surface area contributed by atoms with Gasteiger partial charge in [0, 0.05) is 25.4 Å². The number of imidazole rings is 1. The molecule has 2 aromatic rings. The van der Waals surface area contributed by atoms with Gasteiger partial charge in [-0.1, -0.05) is 12.1 Å². The van der Waals surface area contributed by atoms with E-state index in [1.807, 2.05) is 29.0 Å². The van der Waals surface area contributed by atoms with Gasteiger partial charge in [-0.3, -0.25) is 0 Å². The van der Waals surface area contributed by atoms with Gasteiger partial charge in [-0.05, 0) is 30.0 Å². The Balaban J connectivity index is 1.74. The topological polar surface area (TPSA) is 75.8 Å². The van der Waals surface area contributed by atoms with Crippen molar-refractivity contribution in [1.82, 2.24) is 9.55 Å². The van der Waals surface area contributed by atoms with Crippen molar-refractivity contribution >= 4 is 9.84 Å². The summed E-state index contributed by atoms with van der Waals surface area (Å²) in [6, 6.07) is 9.63. The summed E-state index contributed by atoms with van der Waals surface area (Å²) in [4.78, 5) is 4.37. The normalized spacial score (nSPS) is 19.9. The van der Waals surface area contributed by atoms with E-state index in [1.165, 1.54) is 0 Å². The van der Waals surface area contributed by atoms with Crippen molar-refractivity contribution in [3.8, 4) is 6.07 Å². The minimum Gasteiger partial charge on any atom is -0.331 e. The van der Waals surface area contributed by atoms with Gasteiger partial charge in [0.2, 0.25) is 0 Å². The van der Waals surface area contributed by atoms with E-state index in [0.717, 1.165) is 17.8 Å². The maximum absolute atomic E-state index is 11.6. The summed E-state index contributed by atoms with van der Waals surface area (Å²) in [7, 11) is -2.85. The Morgan fingerprint density at radius 3 is 3.00 bits per heavy atom. The van der Waals surface area contributed by atoms with Gasteiger partial charge >= 0.3 is 0 Å². The summed E-state index contributed by atoms with van der Waals surface area (Å²) >= 11 is 0. The molecular formula is C16H17N3O2S. The first-order valence-electron chi connectivity index (χ1n) is 7.25. The number of nitrogens with zero attached hydrogens (tertiary/aromatic N) is 3. The van der Waals surface area contributed by atoms with Crippen LogP contribution in [0, 0.1) is 17.2 Å². The lowest BCUT2D eigenvalue weighted by molar-refractivity contribution is 0.551. The summed E-state index contributed by atoms with van der Waals surface area (Å²) in [5, 5.41) is 8.96. The third-order valence-electron chi connectivity index (χ3n) is 4.01. The quantitative estimate of drug-likeness (QED) is 0.862. The first kappa shape index (κ1) is 14.8. The fraction of sp³-hybridized carbons (Fsp3) is 0.375. The molecule has 0 amide bonds. The number of hydrogen-bond donors (Lipinski definition) is 0. The van der Waals surface area contributed by atoms with E-state index < -0.39 is 9.84 Å². The van der Waals surface area contributed by atoms with Gasteiger partial charge in [-0.25, -0.2) is 13.4 Å². The molecule has 1 unspecified atom stereocenters. The van der Waals surface area contributed by atoms with E-state index in [0.29, 0.717) is 24.3 Å². The fourth-order valence-electron chi connectivity index (χ4n) is 2.90. The Morgan fingerprint density at radius 2 is 2.27 bits per heavy atom. The number of rotatable bonds is 4. The molecule has 3 rings (SSSR count). The highest BCUT2D eigenvalue weighted by molar-refractivity contribution is 7.91. The van der Waals surface area contributed by atoms with Gasteiger partial charge in [0.05, 0.1) is 23.1 Å². The zero-order valence-electron chi connectivity index (χ0n) is 12.1. The van der Waals surface area contributed by atoms with Crippen molar-refractivity contribution < 1.29 is 8.42 Å². The molecule has 0 radical (unpaired) electrons. The standard InChI is InChI=1S/C16H17N3O2S/c17-10-13-2-1-3-14(8-13)11-19-6-5-18-16(19)9-15-4-7-22(20,21)12-15/h1-3,5-6,8,15H,4,7,9,11-12H2. The van der Waals surface area contributed by atoms with Crippen LogP contribution in [-0.4, -0.2) is 29.5 Å². The van der Waals surface area contributed by atoms with Crippen LogP contribution in [0.4, 0.5) is 0 Å². The number of sulfone groups is 1. The van der Waals surface area contributed by atoms with Crippen LogP contribution >= 0.6 is 0 Å². The van der Waals surface area contributed by atoms with Crippen molar-refractivity contribution in [1.29, 1.82) is 5.26 Å². The highest BCUT2D eigenvalue weighted by Crippen LogP contribution is 2.22. The predicted molar refractivity (Wildman–Crippen MR) is 83.0 cm³/mol. The Bertz CT molecular complexity index is 818. The molecule has 6 heteroatoms. The van der Waals surface area contributed by atoms with Crippen LogP contribution in [0.15, 0.2) is 36.7 Å². The lowest BCUT2D eigenvalue weighted by atomic mass is 10.0. The first-order chi connectivity index (χ1) is 10.6. The third-order valence-corrected chi connectivity index (χ3v) is 5.85. The van der Waals surface area contributed by atoms with Crippen LogP contribution < -0.4 is 0 Å². The minimum absolute atomic E-state index is 0.164. The average Bonchev–Trinajstić information content (AvgIpc) is 3.06. The lowest BCUT2D eigenvalue weighted by Gasteiger charge is -2.11. The van der Waals surface area contributed by atoms with Gasteiger partial charge in [-0.15, -0.1) is 0 Å². The molecule has 2 heterocycles. The van der Waals surface area contributed by atoms with Crippen molar-refractivity contribution in [2.75, 3.05) is 11.5 Å². The SMILES string of the molecule is N#Cc1cccc(Cn2ccnc2CC2CCS(=O)(=O)C2)c1. The Morgan fingerprint density at radius 1 is 1.41 bits per heavy atom. The molecule has 0 N–H and O–H groups in total. The van der Waals surface area contributed by atoms with Crippen LogP contribution in [0.3, 0.4) is 0 Å². The highest BCUT2D eigenvalue weighted by atomic mass is 32.2. The van der Waals surface area contributed by atoms with Crippen molar-refractivity contribution in [2.45, 2.75) is 19.4 Å². The molecule has 1 fully saturated rings. The van der Waals surface area contributed by atoms with Gasteiger partial charge in [0.25, 0.3) is 0 Å². The molecule has 1 saturated heterocycles. The Labute approximate surface area is 130 Å². The summed E-state index contributed by atoms with van der Waals surface area (Å²) in [5.74, 6) is 1.63. The first-order valence-corrected chi connectivity index (χ1v) is 9.07. The van der Waals surface area contributed by atoms with E-state index in [4.69, 9.17) is 5.26 Å². The number of hydrogen-bond acceptors (Lipinski definition) is 4. The zero-order valence-corrected chi connectivity index (χ0v) is 13.0. The van der Waals surface area contributed by atoms with E-state index in [-0.39, 0.29) is 11.7 Å². The molecule has 0 spiro atoms. The fourth-order valence-corrected chi connectivity index (χ4v) is 4.76. The molecule has 1 aromatic carbocycles. The van der Waals surface area contributed by atoms with Crippen LogP contribution in [-0.2, 0) is 22.8 Å². The Kier molecular flexibility index (Phi) is 3.99. The summed E-state index contributed by atoms with van der Waals surface area (Å²) in [5.41, 5.74) is 1.68. The lowest BCUT2D eigenvalue weighted by Crippen LogP contribution is -2.12.